The second-order valence-electron chi connectivity index (χ2n) is 4.80. The van der Waals surface area contributed by atoms with Crippen molar-refractivity contribution in [3.63, 3.8) is 0 Å². The standard InChI is InChI=1S/C15H22FNS3/c16-15-5-2-1-4-13(15)10-18-7-3-6-17-14-11-19-8-9-20-12-14/h1-2,4-5,14,17H,3,6-12H2. The van der Waals surface area contributed by atoms with E-state index in [1.54, 1.807) is 12.1 Å². The molecule has 0 aromatic heterocycles. The first-order valence-corrected chi connectivity index (χ1v) is 10.5. The van der Waals surface area contributed by atoms with Gasteiger partial charge in [0, 0.05) is 34.8 Å². The molecule has 1 N–H and O–H groups in total. The molecule has 20 heavy (non-hydrogen) atoms. The van der Waals surface area contributed by atoms with Crippen LogP contribution in [0.3, 0.4) is 0 Å². The fourth-order valence-electron chi connectivity index (χ4n) is 2.01. The third-order valence-corrected chi connectivity index (χ3v) is 6.74. The number of rotatable bonds is 7. The number of halogens is 1. The summed E-state index contributed by atoms with van der Waals surface area (Å²) in [6.45, 7) is 1.08. The third-order valence-electron chi connectivity index (χ3n) is 3.12. The molecule has 0 unspecified atom stereocenters. The molecular formula is C15H22FNS3. The van der Waals surface area contributed by atoms with Crippen LogP contribution in [-0.4, -0.2) is 41.4 Å². The summed E-state index contributed by atoms with van der Waals surface area (Å²) in [6, 6.07) is 7.74. The van der Waals surface area contributed by atoms with Crippen molar-refractivity contribution in [1.82, 2.24) is 5.32 Å². The summed E-state index contributed by atoms with van der Waals surface area (Å²) >= 11 is 5.94. The van der Waals surface area contributed by atoms with Gasteiger partial charge in [0.1, 0.15) is 5.82 Å². The van der Waals surface area contributed by atoms with E-state index in [1.165, 1.54) is 23.0 Å². The molecule has 0 saturated carbocycles. The lowest BCUT2D eigenvalue weighted by Gasteiger charge is -2.15. The summed E-state index contributed by atoms with van der Waals surface area (Å²) in [7, 11) is 0. The van der Waals surface area contributed by atoms with Gasteiger partial charge in [-0.2, -0.15) is 35.3 Å². The molecule has 2 rings (SSSR count). The molecule has 1 aromatic carbocycles. The topological polar surface area (TPSA) is 12.0 Å². The summed E-state index contributed by atoms with van der Waals surface area (Å²) in [5, 5.41) is 3.64. The second kappa shape index (κ2) is 9.98. The van der Waals surface area contributed by atoms with Crippen molar-refractivity contribution in [1.29, 1.82) is 0 Å². The Hall–Kier alpha value is 0.160. The molecule has 1 heterocycles. The zero-order chi connectivity index (χ0) is 14.0. The van der Waals surface area contributed by atoms with Gasteiger partial charge in [0.2, 0.25) is 0 Å². The smallest absolute Gasteiger partial charge is 0.127 e. The lowest BCUT2D eigenvalue weighted by molar-refractivity contribution is 0.599. The number of thioether (sulfide) groups is 3. The molecule has 1 nitrogen and oxygen atoms in total. The molecule has 0 aliphatic carbocycles. The predicted octanol–water partition coefficient (Wildman–Crippen LogP) is 3.89. The van der Waals surface area contributed by atoms with Gasteiger partial charge in [-0.3, -0.25) is 0 Å². The van der Waals surface area contributed by atoms with Crippen molar-refractivity contribution in [3.05, 3.63) is 35.6 Å². The first-order valence-electron chi connectivity index (χ1n) is 7.06. The molecule has 0 spiro atoms. The van der Waals surface area contributed by atoms with Crippen LogP contribution in [0.2, 0.25) is 0 Å². The average molecular weight is 332 g/mol. The monoisotopic (exact) mass is 331 g/mol. The summed E-state index contributed by atoms with van der Waals surface area (Å²) in [5.41, 5.74) is 0.821. The van der Waals surface area contributed by atoms with E-state index in [4.69, 9.17) is 0 Å². The Morgan fingerprint density at radius 3 is 2.70 bits per heavy atom. The van der Waals surface area contributed by atoms with Gasteiger partial charge >= 0.3 is 0 Å². The van der Waals surface area contributed by atoms with Crippen LogP contribution < -0.4 is 5.32 Å². The van der Waals surface area contributed by atoms with Crippen molar-refractivity contribution in [2.24, 2.45) is 0 Å². The summed E-state index contributed by atoms with van der Waals surface area (Å²) in [5.74, 6) is 6.87. The van der Waals surface area contributed by atoms with Crippen molar-refractivity contribution in [3.8, 4) is 0 Å². The van der Waals surface area contributed by atoms with E-state index in [-0.39, 0.29) is 5.82 Å². The Kier molecular flexibility index (Phi) is 8.25. The van der Waals surface area contributed by atoms with Gasteiger partial charge in [-0.15, -0.1) is 0 Å². The maximum Gasteiger partial charge on any atom is 0.127 e. The zero-order valence-corrected chi connectivity index (χ0v) is 14.1. The molecule has 1 fully saturated rings. The van der Waals surface area contributed by atoms with Crippen LogP contribution in [0.4, 0.5) is 4.39 Å². The maximum absolute atomic E-state index is 13.4. The predicted molar refractivity (Wildman–Crippen MR) is 93.6 cm³/mol. The quantitative estimate of drug-likeness (QED) is 0.760. The normalized spacial score (nSPS) is 17.1. The van der Waals surface area contributed by atoms with E-state index in [0.29, 0.717) is 6.04 Å². The molecule has 1 aliphatic rings. The largest absolute Gasteiger partial charge is 0.312 e. The van der Waals surface area contributed by atoms with Crippen LogP contribution in [0.1, 0.15) is 12.0 Å². The Balaban J connectivity index is 1.52. The van der Waals surface area contributed by atoms with Gasteiger partial charge in [-0.05, 0) is 30.3 Å². The average Bonchev–Trinajstić information content (AvgIpc) is 2.73. The van der Waals surface area contributed by atoms with Gasteiger partial charge < -0.3 is 5.32 Å². The minimum absolute atomic E-state index is 0.0781. The second-order valence-corrected chi connectivity index (χ2v) is 8.20. The van der Waals surface area contributed by atoms with Crippen molar-refractivity contribution >= 4 is 35.3 Å². The van der Waals surface area contributed by atoms with Crippen LogP contribution in [0.25, 0.3) is 0 Å². The molecule has 0 bridgehead atoms. The Bertz CT molecular complexity index is 381. The number of benzene rings is 1. The Morgan fingerprint density at radius 1 is 1.20 bits per heavy atom. The lowest BCUT2D eigenvalue weighted by atomic mass is 10.2. The summed E-state index contributed by atoms with van der Waals surface area (Å²) in [4.78, 5) is 0. The van der Waals surface area contributed by atoms with E-state index < -0.39 is 0 Å². The number of hydrogen-bond donors (Lipinski definition) is 1. The van der Waals surface area contributed by atoms with E-state index in [1.807, 2.05) is 23.9 Å². The van der Waals surface area contributed by atoms with Gasteiger partial charge in [0.15, 0.2) is 0 Å². The fourth-order valence-corrected chi connectivity index (χ4v) is 5.43. The van der Waals surface area contributed by atoms with Crippen LogP contribution >= 0.6 is 35.3 Å². The molecule has 1 saturated heterocycles. The highest BCUT2D eigenvalue weighted by atomic mass is 32.2. The molecular weight excluding hydrogens is 309 g/mol. The summed E-state index contributed by atoms with van der Waals surface area (Å²) in [6.07, 6.45) is 1.16. The molecule has 1 aromatic rings. The van der Waals surface area contributed by atoms with E-state index >= 15 is 0 Å². The first kappa shape index (κ1) is 16.5. The van der Waals surface area contributed by atoms with Crippen molar-refractivity contribution < 1.29 is 4.39 Å². The molecule has 0 radical (unpaired) electrons. The number of nitrogens with one attached hydrogen (secondary N) is 1. The number of hydrogen-bond acceptors (Lipinski definition) is 4. The highest BCUT2D eigenvalue weighted by molar-refractivity contribution is 8.03. The molecule has 5 heteroatoms. The van der Waals surface area contributed by atoms with E-state index in [0.717, 1.165) is 30.0 Å². The van der Waals surface area contributed by atoms with Gasteiger partial charge in [-0.1, -0.05) is 18.2 Å². The molecule has 0 atom stereocenters. The van der Waals surface area contributed by atoms with Crippen LogP contribution in [-0.2, 0) is 5.75 Å². The highest BCUT2D eigenvalue weighted by Gasteiger charge is 2.11. The fraction of sp³-hybridized carbons (Fsp3) is 0.600. The SMILES string of the molecule is Fc1ccccc1CSCCCNC1CSCCSC1. The van der Waals surface area contributed by atoms with Crippen LogP contribution in [0.5, 0.6) is 0 Å². The van der Waals surface area contributed by atoms with Crippen LogP contribution in [0, 0.1) is 5.82 Å². The Labute approximate surface area is 134 Å². The maximum atomic E-state index is 13.4. The molecule has 0 amide bonds. The molecule has 112 valence electrons. The summed E-state index contributed by atoms with van der Waals surface area (Å²) < 4.78 is 13.4. The van der Waals surface area contributed by atoms with Crippen molar-refractivity contribution in [2.45, 2.75) is 18.2 Å². The van der Waals surface area contributed by atoms with E-state index in [9.17, 15) is 4.39 Å². The highest BCUT2D eigenvalue weighted by Crippen LogP contribution is 2.17. The van der Waals surface area contributed by atoms with Gasteiger partial charge in [0.25, 0.3) is 0 Å². The molecule has 1 aliphatic heterocycles. The minimum atomic E-state index is -0.0781. The third kappa shape index (κ3) is 6.29. The van der Waals surface area contributed by atoms with E-state index in [2.05, 4.69) is 28.8 Å². The van der Waals surface area contributed by atoms with Gasteiger partial charge in [-0.25, -0.2) is 4.39 Å². The Morgan fingerprint density at radius 2 is 1.95 bits per heavy atom. The minimum Gasteiger partial charge on any atom is -0.312 e. The zero-order valence-electron chi connectivity index (χ0n) is 11.6. The first-order chi connectivity index (χ1) is 9.86. The lowest BCUT2D eigenvalue weighted by Crippen LogP contribution is -2.34. The van der Waals surface area contributed by atoms with Crippen molar-refractivity contribution in [2.75, 3.05) is 35.3 Å². The van der Waals surface area contributed by atoms with Gasteiger partial charge in [0.05, 0.1) is 0 Å². The van der Waals surface area contributed by atoms with Crippen LogP contribution in [0.15, 0.2) is 24.3 Å².